The second kappa shape index (κ2) is 9.28. The lowest BCUT2D eigenvalue weighted by molar-refractivity contribution is -0.137. The number of methoxy groups -OCH3 is 1. The second-order valence-corrected chi connectivity index (χ2v) is 8.68. The fourth-order valence-corrected chi connectivity index (χ4v) is 4.84. The zero-order chi connectivity index (χ0) is 21.9. The van der Waals surface area contributed by atoms with Crippen LogP contribution in [-0.2, 0) is 22.5 Å². The molecule has 5 heterocycles. The molecule has 1 atom stereocenters. The first-order valence-corrected chi connectivity index (χ1v) is 11.4. The molecule has 9 nitrogen and oxygen atoms in total. The quantitative estimate of drug-likeness (QED) is 0.757. The van der Waals surface area contributed by atoms with Gasteiger partial charge in [-0.05, 0) is 25.3 Å². The number of hydrogen-bond donors (Lipinski definition) is 1. The van der Waals surface area contributed by atoms with Gasteiger partial charge in [-0.25, -0.2) is 15.0 Å². The molecule has 0 bridgehead atoms. The third-order valence-corrected chi connectivity index (χ3v) is 6.71. The van der Waals surface area contributed by atoms with Gasteiger partial charge in [0.05, 0.1) is 24.7 Å². The lowest BCUT2D eigenvalue weighted by Crippen LogP contribution is -2.38. The summed E-state index contributed by atoms with van der Waals surface area (Å²) < 4.78 is 10.6. The minimum Gasteiger partial charge on any atom is -0.481 e. The number of nitrogens with one attached hydrogen (secondary N) is 1. The molecule has 1 N–H and O–H groups in total. The lowest BCUT2D eigenvalue weighted by Gasteiger charge is -2.31. The molecule has 2 aromatic heterocycles. The van der Waals surface area contributed by atoms with Crippen LogP contribution in [0.5, 0.6) is 5.88 Å². The Kier molecular flexibility index (Phi) is 6.07. The molecule has 1 amide bonds. The van der Waals surface area contributed by atoms with Crippen LogP contribution in [0, 0.1) is 5.92 Å². The van der Waals surface area contributed by atoms with Crippen molar-refractivity contribution in [3.05, 3.63) is 35.9 Å². The van der Waals surface area contributed by atoms with Crippen LogP contribution < -0.4 is 15.0 Å². The molecule has 0 unspecified atom stereocenters. The Balaban J connectivity index is 1.25. The summed E-state index contributed by atoms with van der Waals surface area (Å²) in [6.45, 7) is 4.52. The molecule has 9 heteroatoms. The third kappa shape index (κ3) is 4.34. The third-order valence-electron chi connectivity index (χ3n) is 6.71. The molecule has 0 saturated carbocycles. The average molecular weight is 439 g/mol. The van der Waals surface area contributed by atoms with Crippen LogP contribution in [0.2, 0.25) is 0 Å². The number of ether oxygens (including phenoxy) is 2. The number of carbonyl (C=O) groups is 1. The van der Waals surface area contributed by atoms with Gasteiger partial charge in [-0.2, -0.15) is 0 Å². The number of amides is 1. The SMILES string of the molecule is COc1ccc(N2CCc3ncnc(N[C@H]4CCN(C(=O)C5CCOCC5)C4)c3C2)cn1. The zero-order valence-electron chi connectivity index (χ0n) is 18.5. The van der Waals surface area contributed by atoms with E-state index in [0.29, 0.717) is 19.1 Å². The van der Waals surface area contributed by atoms with Gasteiger partial charge < -0.3 is 24.6 Å². The van der Waals surface area contributed by atoms with Crippen molar-refractivity contribution in [2.24, 2.45) is 5.92 Å². The molecule has 2 aromatic rings. The van der Waals surface area contributed by atoms with E-state index in [1.54, 1.807) is 13.4 Å². The molecule has 2 saturated heterocycles. The van der Waals surface area contributed by atoms with Gasteiger partial charge in [0, 0.05) is 69.4 Å². The first-order valence-electron chi connectivity index (χ1n) is 11.4. The van der Waals surface area contributed by atoms with Gasteiger partial charge in [0.1, 0.15) is 12.1 Å². The number of pyridine rings is 1. The normalized spacial score (nSPS) is 21.3. The lowest BCUT2D eigenvalue weighted by atomic mass is 9.99. The Morgan fingerprint density at radius 1 is 1.16 bits per heavy atom. The fraction of sp³-hybridized carbons (Fsp3) is 0.565. The maximum atomic E-state index is 12.9. The fourth-order valence-electron chi connectivity index (χ4n) is 4.84. The van der Waals surface area contributed by atoms with Crippen molar-refractivity contribution in [1.29, 1.82) is 0 Å². The van der Waals surface area contributed by atoms with Crippen molar-refractivity contribution >= 4 is 17.4 Å². The summed E-state index contributed by atoms with van der Waals surface area (Å²) in [5.74, 6) is 1.88. The van der Waals surface area contributed by atoms with E-state index in [-0.39, 0.29) is 17.9 Å². The number of anilines is 2. The Labute approximate surface area is 188 Å². The van der Waals surface area contributed by atoms with E-state index >= 15 is 0 Å². The molecule has 2 fully saturated rings. The summed E-state index contributed by atoms with van der Waals surface area (Å²) in [4.78, 5) is 30.6. The van der Waals surface area contributed by atoms with Gasteiger partial charge >= 0.3 is 0 Å². The van der Waals surface area contributed by atoms with Gasteiger partial charge in [0.25, 0.3) is 0 Å². The number of rotatable bonds is 5. The predicted molar refractivity (Wildman–Crippen MR) is 120 cm³/mol. The van der Waals surface area contributed by atoms with Gasteiger partial charge in [0.2, 0.25) is 11.8 Å². The van der Waals surface area contributed by atoms with Crippen molar-refractivity contribution in [1.82, 2.24) is 19.9 Å². The van der Waals surface area contributed by atoms with Crippen molar-refractivity contribution < 1.29 is 14.3 Å². The molecule has 0 aromatic carbocycles. The summed E-state index contributed by atoms with van der Waals surface area (Å²) in [5, 5.41) is 3.62. The summed E-state index contributed by atoms with van der Waals surface area (Å²) in [7, 11) is 1.62. The van der Waals surface area contributed by atoms with Crippen LogP contribution in [0.3, 0.4) is 0 Å². The smallest absolute Gasteiger partial charge is 0.225 e. The van der Waals surface area contributed by atoms with Crippen LogP contribution in [0.4, 0.5) is 11.5 Å². The Morgan fingerprint density at radius 3 is 2.81 bits per heavy atom. The van der Waals surface area contributed by atoms with E-state index in [9.17, 15) is 4.79 Å². The minimum absolute atomic E-state index is 0.112. The molecule has 0 aliphatic carbocycles. The van der Waals surface area contributed by atoms with Crippen LogP contribution in [0.1, 0.15) is 30.5 Å². The van der Waals surface area contributed by atoms with Crippen LogP contribution in [0.15, 0.2) is 24.7 Å². The van der Waals surface area contributed by atoms with Gasteiger partial charge in [-0.1, -0.05) is 0 Å². The van der Waals surface area contributed by atoms with E-state index < -0.39 is 0 Å². The van der Waals surface area contributed by atoms with Crippen LogP contribution >= 0.6 is 0 Å². The zero-order valence-corrected chi connectivity index (χ0v) is 18.5. The standard InChI is InChI=1S/C23H30N6O3/c1-31-21-3-2-18(12-24-21)28-9-5-20-19(14-28)22(26-15-25-20)27-17-4-8-29(13-17)23(30)16-6-10-32-11-7-16/h2-3,12,15-17H,4-11,13-14H2,1H3,(H,25,26,27)/t17-/m0/s1. The Bertz CT molecular complexity index is 947. The molecule has 0 spiro atoms. The minimum atomic E-state index is 0.112. The first kappa shape index (κ1) is 20.9. The Hall–Kier alpha value is -2.94. The van der Waals surface area contributed by atoms with E-state index in [4.69, 9.17) is 9.47 Å². The molecule has 170 valence electrons. The topological polar surface area (TPSA) is 92.7 Å². The number of aromatic nitrogens is 3. The maximum absolute atomic E-state index is 12.9. The molecule has 32 heavy (non-hydrogen) atoms. The summed E-state index contributed by atoms with van der Waals surface area (Å²) >= 11 is 0. The maximum Gasteiger partial charge on any atom is 0.225 e. The summed E-state index contributed by atoms with van der Waals surface area (Å²) in [6, 6.07) is 4.12. The molecule has 5 rings (SSSR count). The molecule has 0 radical (unpaired) electrons. The molecule has 3 aliphatic heterocycles. The summed E-state index contributed by atoms with van der Waals surface area (Å²) in [6.07, 6.45) is 6.95. The van der Waals surface area contributed by atoms with Gasteiger partial charge in [-0.3, -0.25) is 4.79 Å². The van der Waals surface area contributed by atoms with E-state index in [1.165, 1.54) is 0 Å². The number of likely N-dealkylation sites (tertiary alicyclic amines) is 1. The van der Waals surface area contributed by atoms with Crippen molar-refractivity contribution in [2.75, 3.05) is 50.2 Å². The molecule has 3 aliphatic rings. The highest BCUT2D eigenvalue weighted by atomic mass is 16.5. The van der Waals surface area contributed by atoms with Crippen LogP contribution in [0.25, 0.3) is 0 Å². The largest absolute Gasteiger partial charge is 0.481 e. The number of carbonyl (C=O) groups excluding carboxylic acids is 1. The van der Waals surface area contributed by atoms with Gasteiger partial charge in [0.15, 0.2) is 0 Å². The van der Waals surface area contributed by atoms with E-state index in [1.807, 2.05) is 23.2 Å². The highest BCUT2D eigenvalue weighted by Gasteiger charge is 2.32. The predicted octanol–water partition coefficient (Wildman–Crippen LogP) is 1.88. The monoisotopic (exact) mass is 438 g/mol. The number of nitrogens with zero attached hydrogens (tertiary/aromatic N) is 5. The van der Waals surface area contributed by atoms with Crippen molar-refractivity contribution in [2.45, 2.75) is 38.3 Å². The van der Waals surface area contributed by atoms with E-state index in [2.05, 4.69) is 25.2 Å². The average Bonchev–Trinajstić information content (AvgIpc) is 3.32. The molecular weight excluding hydrogens is 408 g/mol. The van der Waals surface area contributed by atoms with Crippen molar-refractivity contribution in [3.8, 4) is 5.88 Å². The molecular formula is C23H30N6O3. The number of fused-ring (bicyclic) bond motifs is 1. The Morgan fingerprint density at radius 2 is 2.03 bits per heavy atom. The first-order chi connectivity index (χ1) is 15.7. The highest BCUT2D eigenvalue weighted by Crippen LogP contribution is 2.29. The van der Waals surface area contributed by atoms with Gasteiger partial charge in [-0.15, -0.1) is 0 Å². The second-order valence-electron chi connectivity index (χ2n) is 8.68. The van der Waals surface area contributed by atoms with Crippen molar-refractivity contribution in [3.63, 3.8) is 0 Å². The number of hydrogen-bond acceptors (Lipinski definition) is 8. The van der Waals surface area contributed by atoms with E-state index in [0.717, 1.165) is 74.6 Å². The summed E-state index contributed by atoms with van der Waals surface area (Å²) in [5.41, 5.74) is 3.28. The highest BCUT2D eigenvalue weighted by molar-refractivity contribution is 5.79. The van der Waals surface area contributed by atoms with Crippen LogP contribution in [-0.4, -0.2) is 71.8 Å².